The number of carboxylic acids is 1. The number of aromatic carboxylic acids is 1. The van der Waals surface area contributed by atoms with Gasteiger partial charge in [0.05, 0.1) is 6.10 Å². The van der Waals surface area contributed by atoms with Crippen molar-refractivity contribution in [2.24, 2.45) is 0 Å². The molecule has 1 unspecified atom stereocenters. The summed E-state index contributed by atoms with van der Waals surface area (Å²) in [4.78, 5) is 22.8. The fraction of sp³-hybridized carbons (Fsp3) is 0.467. The van der Waals surface area contributed by atoms with E-state index < -0.39 is 66.7 Å². The Hall–Kier alpha value is -2.10. The highest BCUT2D eigenvalue weighted by atomic mass is 31.2. The molecule has 0 fully saturated rings. The number of esters is 1. The van der Waals surface area contributed by atoms with Crippen LogP contribution in [0.2, 0.25) is 0 Å². The van der Waals surface area contributed by atoms with Gasteiger partial charge in [0.25, 0.3) is 0 Å². The van der Waals surface area contributed by atoms with Crippen molar-refractivity contribution in [3.05, 3.63) is 29.1 Å². The van der Waals surface area contributed by atoms with Gasteiger partial charge in [-0.1, -0.05) is 0 Å². The Morgan fingerprint density at radius 3 is 2.30 bits per heavy atom. The summed E-state index contributed by atoms with van der Waals surface area (Å²) in [6, 6.07) is -1.12. The van der Waals surface area contributed by atoms with Gasteiger partial charge >= 0.3 is 19.5 Å². The molecule has 0 aromatic heterocycles. The van der Waals surface area contributed by atoms with Crippen LogP contribution in [0.1, 0.15) is 31.1 Å². The monoisotopic (exact) mass is 413 g/mol. The van der Waals surface area contributed by atoms with Crippen LogP contribution in [0.15, 0.2) is 6.07 Å². The molecule has 2 N–H and O–H groups in total. The number of hydrogen-bond acceptors (Lipinski definition) is 6. The molecule has 1 aromatic rings. The summed E-state index contributed by atoms with van der Waals surface area (Å²) in [7, 11) is -3.24. The number of carbonyl (C=O) groups excluding carboxylic acids is 1. The number of nitrogens with one attached hydrogen (secondary N) is 1. The van der Waals surface area contributed by atoms with Crippen LogP contribution in [0.4, 0.5) is 13.2 Å². The van der Waals surface area contributed by atoms with Crippen LogP contribution < -0.4 is 9.61 Å². The van der Waals surface area contributed by atoms with Crippen LogP contribution in [0.5, 0.6) is 5.75 Å². The van der Waals surface area contributed by atoms with E-state index >= 15 is 0 Å². The predicted molar refractivity (Wildman–Crippen MR) is 87.2 cm³/mol. The van der Waals surface area contributed by atoms with Crippen molar-refractivity contribution in [1.29, 1.82) is 0 Å². The minimum atomic E-state index is -4.33. The molecule has 27 heavy (non-hydrogen) atoms. The van der Waals surface area contributed by atoms with Gasteiger partial charge in [0.15, 0.2) is 11.6 Å². The maximum absolute atomic E-state index is 14.2. The first-order valence-corrected chi connectivity index (χ1v) is 9.39. The van der Waals surface area contributed by atoms with E-state index in [1.54, 1.807) is 13.8 Å². The molecule has 0 spiro atoms. The Morgan fingerprint density at radius 1 is 1.22 bits per heavy atom. The molecule has 0 heterocycles. The van der Waals surface area contributed by atoms with Crippen molar-refractivity contribution in [2.45, 2.75) is 32.9 Å². The predicted octanol–water partition coefficient (Wildman–Crippen LogP) is 2.91. The number of carbonyl (C=O) groups is 2. The van der Waals surface area contributed by atoms with Crippen molar-refractivity contribution in [1.82, 2.24) is 5.09 Å². The van der Waals surface area contributed by atoms with E-state index in [0.29, 0.717) is 0 Å². The van der Waals surface area contributed by atoms with Gasteiger partial charge < -0.3 is 19.1 Å². The maximum atomic E-state index is 14.2. The van der Waals surface area contributed by atoms with Crippen molar-refractivity contribution < 1.29 is 46.4 Å². The lowest BCUT2D eigenvalue weighted by Crippen LogP contribution is -2.36. The molecule has 1 aromatic carbocycles. The van der Waals surface area contributed by atoms with Crippen LogP contribution in [0.25, 0.3) is 0 Å². The SMILES string of the molecule is COCP(=O)(N[C@@H](C)C(=O)OC(C)C)Oc1c(F)c(F)cc(C(=O)O)c1F. The van der Waals surface area contributed by atoms with E-state index in [0.717, 1.165) is 7.11 Å². The number of rotatable bonds is 9. The molecule has 0 saturated heterocycles. The number of halogens is 3. The van der Waals surface area contributed by atoms with Crippen LogP contribution in [0, 0.1) is 17.5 Å². The Morgan fingerprint density at radius 2 is 1.81 bits per heavy atom. The van der Waals surface area contributed by atoms with Crippen LogP contribution in [-0.2, 0) is 18.8 Å². The van der Waals surface area contributed by atoms with Gasteiger partial charge in [0, 0.05) is 7.11 Å². The lowest BCUT2D eigenvalue weighted by molar-refractivity contribution is -0.149. The van der Waals surface area contributed by atoms with Crippen LogP contribution >= 0.6 is 7.52 Å². The molecule has 0 aliphatic heterocycles. The van der Waals surface area contributed by atoms with Gasteiger partial charge in [-0.2, -0.15) is 4.39 Å². The molecule has 0 aliphatic carbocycles. The summed E-state index contributed by atoms with van der Waals surface area (Å²) in [5.41, 5.74) is -1.22. The molecular formula is C15H19F3NO7P. The molecule has 152 valence electrons. The largest absolute Gasteiger partial charge is 0.478 e. The molecule has 0 aliphatic rings. The molecule has 12 heteroatoms. The van der Waals surface area contributed by atoms with Gasteiger partial charge in [-0.3, -0.25) is 9.36 Å². The minimum Gasteiger partial charge on any atom is -0.478 e. The second kappa shape index (κ2) is 9.20. The Labute approximate surface area is 153 Å². The Balaban J connectivity index is 3.25. The summed E-state index contributed by atoms with van der Waals surface area (Å²) >= 11 is 0. The number of carboxylic acid groups (broad SMARTS) is 1. The third-order valence-corrected chi connectivity index (χ3v) is 4.84. The highest BCUT2D eigenvalue weighted by Crippen LogP contribution is 2.46. The van der Waals surface area contributed by atoms with E-state index in [4.69, 9.17) is 14.4 Å². The van der Waals surface area contributed by atoms with E-state index in [-0.39, 0.29) is 6.07 Å². The average Bonchev–Trinajstić information content (AvgIpc) is 2.54. The Kier molecular flexibility index (Phi) is 7.82. The summed E-state index contributed by atoms with van der Waals surface area (Å²) in [6.45, 7) is 4.39. The van der Waals surface area contributed by atoms with E-state index in [1.165, 1.54) is 6.92 Å². The molecule has 2 atom stereocenters. The van der Waals surface area contributed by atoms with Gasteiger partial charge in [0.2, 0.25) is 11.6 Å². The highest BCUT2D eigenvalue weighted by molar-refractivity contribution is 7.57. The highest BCUT2D eigenvalue weighted by Gasteiger charge is 2.35. The normalized spacial score (nSPS) is 14.5. The molecule has 0 bridgehead atoms. The van der Waals surface area contributed by atoms with Gasteiger partial charge in [-0.05, 0) is 26.8 Å². The molecule has 1 rings (SSSR count). The maximum Gasteiger partial charge on any atom is 0.342 e. The number of ether oxygens (including phenoxy) is 2. The molecule has 0 radical (unpaired) electrons. The average molecular weight is 413 g/mol. The third-order valence-electron chi connectivity index (χ3n) is 2.98. The number of benzene rings is 1. The second-order valence-electron chi connectivity index (χ2n) is 5.69. The second-order valence-corrected chi connectivity index (χ2v) is 7.73. The smallest absolute Gasteiger partial charge is 0.342 e. The quantitative estimate of drug-likeness (QED) is 0.361. The first-order chi connectivity index (χ1) is 12.4. The first-order valence-electron chi connectivity index (χ1n) is 7.58. The van der Waals surface area contributed by atoms with E-state index in [2.05, 4.69) is 9.82 Å². The standard InChI is InChI=1S/C15H19F3NO7P/c1-7(2)25-15(22)8(3)19-27(23,6-24-4)26-13-11(17)9(14(20)21)5-10(16)12(13)18/h5,7-8H,6H2,1-4H3,(H,19,23)(H,20,21)/t8-,27?/m0/s1. The Bertz CT molecular complexity index is 772. The molecule has 8 nitrogen and oxygen atoms in total. The van der Waals surface area contributed by atoms with Crippen molar-refractivity contribution >= 4 is 19.5 Å². The number of hydrogen-bond donors (Lipinski definition) is 2. The lowest BCUT2D eigenvalue weighted by atomic mass is 10.2. The summed E-state index contributed by atoms with van der Waals surface area (Å²) in [5, 5.41) is 11.1. The van der Waals surface area contributed by atoms with E-state index in [1.807, 2.05) is 0 Å². The summed E-state index contributed by atoms with van der Waals surface area (Å²) < 4.78 is 68.9. The molecule has 0 saturated carbocycles. The zero-order valence-corrected chi connectivity index (χ0v) is 15.8. The van der Waals surface area contributed by atoms with Gasteiger partial charge in [0.1, 0.15) is 18.0 Å². The summed E-state index contributed by atoms with van der Waals surface area (Å²) in [6.07, 6.45) is -1.25. The fourth-order valence-corrected chi connectivity index (χ4v) is 3.58. The minimum absolute atomic E-state index is 0.122. The number of methoxy groups -OCH3 is 1. The third kappa shape index (κ3) is 5.95. The van der Waals surface area contributed by atoms with Crippen molar-refractivity contribution in [3.63, 3.8) is 0 Å². The van der Waals surface area contributed by atoms with Gasteiger partial charge in [-0.25, -0.2) is 18.7 Å². The fourth-order valence-electron chi connectivity index (χ4n) is 1.91. The van der Waals surface area contributed by atoms with Crippen LogP contribution in [-0.4, -0.2) is 42.6 Å². The zero-order chi connectivity index (χ0) is 20.9. The van der Waals surface area contributed by atoms with Crippen molar-refractivity contribution in [3.8, 4) is 5.75 Å². The molecule has 0 amide bonds. The van der Waals surface area contributed by atoms with Crippen LogP contribution in [0.3, 0.4) is 0 Å². The zero-order valence-electron chi connectivity index (χ0n) is 14.9. The molecular weight excluding hydrogens is 394 g/mol. The summed E-state index contributed by atoms with van der Waals surface area (Å²) in [5.74, 6) is -9.61. The van der Waals surface area contributed by atoms with Crippen molar-refractivity contribution in [2.75, 3.05) is 13.5 Å². The van der Waals surface area contributed by atoms with Gasteiger partial charge in [-0.15, -0.1) is 0 Å². The van der Waals surface area contributed by atoms with E-state index in [9.17, 15) is 27.3 Å². The lowest BCUT2D eigenvalue weighted by Gasteiger charge is -2.24. The topological polar surface area (TPSA) is 111 Å². The first kappa shape index (κ1) is 22.9.